The molecule has 0 bridgehead atoms. The van der Waals surface area contributed by atoms with E-state index in [2.05, 4.69) is 5.32 Å². The van der Waals surface area contributed by atoms with Crippen molar-refractivity contribution >= 4 is 5.97 Å². The zero-order valence-electron chi connectivity index (χ0n) is 11.2. The molecule has 0 heterocycles. The highest BCUT2D eigenvalue weighted by Gasteiger charge is 2.18. The summed E-state index contributed by atoms with van der Waals surface area (Å²) in [6.45, 7) is 0.504. The van der Waals surface area contributed by atoms with Crippen LogP contribution in [0.25, 0.3) is 0 Å². The fourth-order valence-corrected chi connectivity index (χ4v) is 1.96. The summed E-state index contributed by atoms with van der Waals surface area (Å²) in [6, 6.07) is 16.0. The van der Waals surface area contributed by atoms with Crippen molar-refractivity contribution in [3.63, 3.8) is 0 Å². The van der Waals surface area contributed by atoms with E-state index >= 15 is 0 Å². The van der Waals surface area contributed by atoms with Gasteiger partial charge in [-0.05, 0) is 23.3 Å². The van der Waals surface area contributed by atoms with E-state index in [9.17, 15) is 9.90 Å². The Bertz CT molecular complexity index is 552. The number of hydrogen-bond acceptors (Lipinski definition) is 3. The van der Waals surface area contributed by atoms with Crippen molar-refractivity contribution in [1.29, 1.82) is 0 Å². The predicted octanol–water partition coefficient (Wildman–Crippen LogP) is 2.61. The van der Waals surface area contributed by atoms with Crippen LogP contribution in [0.4, 0.5) is 0 Å². The van der Waals surface area contributed by atoms with Crippen LogP contribution in [0.15, 0.2) is 54.6 Å². The monoisotopic (exact) mass is 271 g/mol. The van der Waals surface area contributed by atoms with Crippen LogP contribution in [0.3, 0.4) is 0 Å². The minimum absolute atomic E-state index is 0.504. The average molecular weight is 271 g/mol. The van der Waals surface area contributed by atoms with Crippen molar-refractivity contribution in [3.8, 4) is 5.75 Å². The number of carboxylic acid groups (broad SMARTS) is 1. The Hall–Kier alpha value is -2.33. The molecule has 0 radical (unpaired) electrons. The summed E-state index contributed by atoms with van der Waals surface area (Å²) in [4.78, 5) is 11.4. The SMILES string of the molecule is COc1ccc([C@H](NCc2ccccc2)C(=O)O)cc1. The molecule has 2 aromatic carbocycles. The van der Waals surface area contributed by atoms with Crippen LogP contribution in [-0.2, 0) is 11.3 Å². The third-order valence-corrected chi connectivity index (χ3v) is 3.05. The summed E-state index contributed by atoms with van der Waals surface area (Å²) in [7, 11) is 1.58. The van der Waals surface area contributed by atoms with Gasteiger partial charge in [0, 0.05) is 6.54 Å². The number of benzene rings is 2. The van der Waals surface area contributed by atoms with E-state index in [0.717, 1.165) is 5.56 Å². The second kappa shape index (κ2) is 6.73. The first-order valence-corrected chi connectivity index (χ1v) is 6.35. The van der Waals surface area contributed by atoms with Gasteiger partial charge < -0.3 is 9.84 Å². The topological polar surface area (TPSA) is 58.6 Å². The Labute approximate surface area is 118 Å². The third kappa shape index (κ3) is 3.59. The lowest BCUT2D eigenvalue weighted by Gasteiger charge is -2.15. The molecule has 4 nitrogen and oxygen atoms in total. The number of aliphatic carboxylic acids is 1. The minimum Gasteiger partial charge on any atom is -0.497 e. The van der Waals surface area contributed by atoms with E-state index in [-0.39, 0.29) is 0 Å². The number of rotatable bonds is 6. The smallest absolute Gasteiger partial charge is 0.325 e. The molecule has 0 aliphatic rings. The fourth-order valence-electron chi connectivity index (χ4n) is 1.96. The van der Waals surface area contributed by atoms with Crippen LogP contribution >= 0.6 is 0 Å². The summed E-state index contributed by atoms with van der Waals surface area (Å²) >= 11 is 0. The van der Waals surface area contributed by atoms with Gasteiger partial charge in [0.15, 0.2) is 0 Å². The fraction of sp³-hybridized carbons (Fsp3) is 0.188. The van der Waals surface area contributed by atoms with Crippen LogP contribution in [0, 0.1) is 0 Å². The number of carboxylic acids is 1. The number of ether oxygens (including phenoxy) is 1. The van der Waals surface area contributed by atoms with Crippen molar-refractivity contribution < 1.29 is 14.6 Å². The third-order valence-electron chi connectivity index (χ3n) is 3.05. The Morgan fingerprint density at radius 3 is 2.35 bits per heavy atom. The predicted molar refractivity (Wildman–Crippen MR) is 76.7 cm³/mol. The maximum Gasteiger partial charge on any atom is 0.325 e. The molecular formula is C16H17NO3. The first kappa shape index (κ1) is 14.1. The lowest BCUT2D eigenvalue weighted by atomic mass is 10.1. The van der Waals surface area contributed by atoms with Crippen LogP contribution in [-0.4, -0.2) is 18.2 Å². The molecule has 20 heavy (non-hydrogen) atoms. The number of methoxy groups -OCH3 is 1. The summed E-state index contributed by atoms with van der Waals surface area (Å²) in [5, 5.41) is 12.4. The average Bonchev–Trinajstić information content (AvgIpc) is 2.49. The van der Waals surface area contributed by atoms with Gasteiger partial charge in [-0.3, -0.25) is 10.1 Å². The van der Waals surface area contributed by atoms with Gasteiger partial charge >= 0.3 is 5.97 Å². The quantitative estimate of drug-likeness (QED) is 0.848. The lowest BCUT2D eigenvalue weighted by Crippen LogP contribution is -2.28. The zero-order chi connectivity index (χ0) is 14.4. The van der Waals surface area contributed by atoms with E-state index in [1.165, 1.54) is 0 Å². The minimum atomic E-state index is -0.897. The Balaban J connectivity index is 2.08. The molecule has 0 aliphatic carbocycles. The number of carbonyl (C=O) groups is 1. The molecule has 2 aromatic rings. The van der Waals surface area contributed by atoms with E-state index in [1.54, 1.807) is 31.4 Å². The molecule has 0 saturated carbocycles. The highest BCUT2D eigenvalue weighted by molar-refractivity contribution is 5.75. The second-order valence-electron chi connectivity index (χ2n) is 4.41. The molecule has 0 aromatic heterocycles. The number of nitrogens with one attached hydrogen (secondary N) is 1. The summed E-state index contributed by atoms with van der Waals surface area (Å²) in [6.07, 6.45) is 0. The number of hydrogen-bond donors (Lipinski definition) is 2. The second-order valence-corrected chi connectivity index (χ2v) is 4.41. The standard InChI is InChI=1S/C16H17NO3/c1-20-14-9-7-13(8-10-14)15(16(18)19)17-11-12-5-3-2-4-6-12/h2-10,15,17H,11H2,1H3,(H,18,19)/t15-/m0/s1. The van der Waals surface area contributed by atoms with Crippen molar-refractivity contribution in [1.82, 2.24) is 5.32 Å². The van der Waals surface area contributed by atoms with E-state index in [0.29, 0.717) is 17.9 Å². The lowest BCUT2D eigenvalue weighted by molar-refractivity contribution is -0.139. The van der Waals surface area contributed by atoms with Gasteiger partial charge in [-0.2, -0.15) is 0 Å². The van der Waals surface area contributed by atoms with Gasteiger partial charge in [0.2, 0.25) is 0 Å². The molecule has 2 N–H and O–H groups in total. The first-order chi connectivity index (χ1) is 9.70. The molecule has 0 aliphatic heterocycles. The van der Waals surface area contributed by atoms with Gasteiger partial charge in [0.05, 0.1) is 7.11 Å². The molecule has 0 amide bonds. The molecular weight excluding hydrogens is 254 g/mol. The van der Waals surface area contributed by atoms with Gasteiger partial charge in [-0.1, -0.05) is 42.5 Å². The first-order valence-electron chi connectivity index (χ1n) is 6.35. The molecule has 0 unspecified atom stereocenters. The zero-order valence-corrected chi connectivity index (χ0v) is 11.2. The normalized spacial score (nSPS) is 11.8. The van der Waals surface area contributed by atoms with Gasteiger partial charge in [0.1, 0.15) is 11.8 Å². The molecule has 4 heteroatoms. The maximum absolute atomic E-state index is 11.4. The molecule has 104 valence electrons. The van der Waals surface area contributed by atoms with E-state index < -0.39 is 12.0 Å². The summed E-state index contributed by atoms with van der Waals surface area (Å²) in [5.41, 5.74) is 1.75. The summed E-state index contributed by atoms with van der Waals surface area (Å²) in [5.74, 6) is -0.188. The molecule has 0 spiro atoms. The van der Waals surface area contributed by atoms with Crippen LogP contribution < -0.4 is 10.1 Å². The van der Waals surface area contributed by atoms with Crippen LogP contribution in [0.1, 0.15) is 17.2 Å². The highest BCUT2D eigenvalue weighted by Crippen LogP contribution is 2.18. The van der Waals surface area contributed by atoms with Gasteiger partial charge in [0.25, 0.3) is 0 Å². The maximum atomic E-state index is 11.4. The van der Waals surface area contributed by atoms with Crippen molar-refractivity contribution in [2.24, 2.45) is 0 Å². The van der Waals surface area contributed by atoms with Crippen molar-refractivity contribution in [3.05, 3.63) is 65.7 Å². The Kier molecular flexibility index (Phi) is 4.74. The van der Waals surface area contributed by atoms with E-state index in [1.807, 2.05) is 30.3 Å². The molecule has 0 fully saturated rings. The summed E-state index contributed by atoms with van der Waals surface area (Å²) < 4.78 is 5.07. The molecule has 2 rings (SSSR count). The Morgan fingerprint density at radius 2 is 1.80 bits per heavy atom. The molecule has 0 saturated heterocycles. The molecule has 1 atom stereocenters. The Morgan fingerprint density at radius 1 is 1.15 bits per heavy atom. The van der Waals surface area contributed by atoms with E-state index in [4.69, 9.17) is 4.74 Å². The largest absolute Gasteiger partial charge is 0.497 e. The van der Waals surface area contributed by atoms with Crippen molar-refractivity contribution in [2.75, 3.05) is 7.11 Å². The van der Waals surface area contributed by atoms with Crippen molar-refractivity contribution in [2.45, 2.75) is 12.6 Å². The van der Waals surface area contributed by atoms with Gasteiger partial charge in [-0.25, -0.2) is 0 Å². The highest BCUT2D eigenvalue weighted by atomic mass is 16.5. The van der Waals surface area contributed by atoms with Crippen LogP contribution in [0.2, 0.25) is 0 Å². The van der Waals surface area contributed by atoms with Gasteiger partial charge in [-0.15, -0.1) is 0 Å². The van der Waals surface area contributed by atoms with Crippen LogP contribution in [0.5, 0.6) is 5.75 Å².